The number of nitrogens with zero attached hydrogens (tertiary/aromatic N) is 1. The Labute approximate surface area is 128 Å². The average Bonchev–Trinajstić information content (AvgIpc) is 2.91. The Morgan fingerprint density at radius 3 is 2.86 bits per heavy atom. The van der Waals surface area contributed by atoms with E-state index in [1.54, 1.807) is 11.1 Å². The highest BCUT2D eigenvalue weighted by atomic mass is 15.2. The number of fused-ring (bicyclic) bond motifs is 2. The van der Waals surface area contributed by atoms with Gasteiger partial charge in [0.2, 0.25) is 0 Å². The van der Waals surface area contributed by atoms with E-state index in [4.69, 9.17) is 0 Å². The lowest BCUT2D eigenvalue weighted by molar-refractivity contribution is 0.192. The quantitative estimate of drug-likeness (QED) is 0.849. The topological polar surface area (TPSA) is 15.3 Å². The lowest BCUT2D eigenvalue weighted by Gasteiger charge is -2.41. The number of likely N-dealkylation sites (tertiary alicyclic amines) is 1. The Hall–Kier alpha value is -0.860. The van der Waals surface area contributed by atoms with Gasteiger partial charge in [0, 0.05) is 25.2 Å². The molecule has 2 nitrogen and oxygen atoms in total. The molecule has 3 aliphatic rings. The van der Waals surface area contributed by atoms with Gasteiger partial charge in [-0.25, -0.2) is 0 Å². The third kappa shape index (κ3) is 2.33. The molecule has 2 fully saturated rings. The van der Waals surface area contributed by atoms with Crippen LogP contribution >= 0.6 is 0 Å². The maximum absolute atomic E-state index is 3.75. The van der Waals surface area contributed by atoms with E-state index in [9.17, 15) is 0 Å². The number of benzene rings is 1. The maximum atomic E-state index is 3.75. The van der Waals surface area contributed by atoms with Crippen molar-refractivity contribution in [1.82, 2.24) is 10.2 Å². The molecule has 2 heteroatoms. The van der Waals surface area contributed by atoms with Gasteiger partial charge in [-0.15, -0.1) is 0 Å². The van der Waals surface area contributed by atoms with E-state index in [1.165, 1.54) is 45.3 Å². The molecule has 1 unspecified atom stereocenters. The predicted octanol–water partition coefficient (Wildman–Crippen LogP) is 3.48. The standard InChI is InChI=1S/C19H28N2/c1-19(2)10-9-18(15-7-3-4-8-16(15)19)21-12-14-6-5-11-20-17(14)13-21/h3-4,7-8,14,17-18,20H,5-6,9-13H2,1-2H3/t14-,17+,18?/m0/s1. The van der Waals surface area contributed by atoms with Crippen molar-refractivity contribution in [3.8, 4) is 0 Å². The summed E-state index contributed by atoms with van der Waals surface area (Å²) in [4.78, 5) is 2.78. The van der Waals surface area contributed by atoms with E-state index < -0.39 is 0 Å². The molecule has 4 rings (SSSR count). The van der Waals surface area contributed by atoms with Crippen molar-refractivity contribution in [1.29, 1.82) is 0 Å². The first kappa shape index (κ1) is 13.8. The van der Waals surface area contributed by atoms with Crippen molar-refractivity contribution in [2.45, 2.75) is 57.0 Å². The fourth-order valence-corrected chi connectivity index (χ4v) is 4.91. The Bertz CT molecular complexity index is 508. The highest BCUT2D eigenvalue weighted by molar-refractivity contribution is 5.38. The monoisotopic (exact) mass is 284 g/mol. The van der Waals surface area contributed by atoms with Gasteiger partial charge >= 0.3 is 0 Å². The number of nitrogens with one attached hydrogen (secondary N) is 1. The molecule has 0 aromatic heterocycles. The summed E-state index contributed by atoms with van der Waals surface area (Å²) in [6, 6.07) is 10.6. The van der Waals surface area contributed by atoms with Crippen molar-refractivity contribution in [3.05, 3.63) is 35.4 Å². The lowest BCUT2D eigenvalue weighted by atomic mass is 9.70. The summed E-state index contributed by atoms with van der Waals surface area (Å²) in [7, 11) is 0. The van der Waals surface area contributed by atoms with Crippen LogP contribution in [0, 0.1) is 5.92 Å². The largest absolute Gasteiger partial charge is 0.312 e. The lowest BCUT2D eigenvalue weighted by Crippen LogP contribution is -2.41. The van der Waals surface area contributed by atoms with E-state index in [2.05, 4.69) is 48.3 Å². The van der Waals surface area contributed by atoms with Crippen LogP contribution in [0.25, 0.3) is 0 Å². The molecule has 2 aliphatic heterocycles. The van der Waals surface area contributed by atoms with Crippen molar-refractivity contribution < 1.29 is 0 Å². The molecular weight excluding hydrogens is 256 g/mol. The third-order valence-corrected chi connectivity index (χ3v) is 6.16. The van der Waals surface area contributed by atoms with Gasteiger partial charge in [0.15, 0.2) is 0 Å². The number of hydrogen-bond donors (Lipinski definition) is 1. The summed E-state index contributed by atoms with van der Waals surface area (Å²) in [5.74, 6) is 0.890. The Morgan fingerprint density at radius 1 is 1.14 bits per heavy atom. The van der Waals surface area contributed by atoms with Crippen LogP contribution in [0.5, 0.6) is 0 Å². The normalized spacial score (nSPS) is 35.2. The first-order chi connectivity index (χ1) is 10.1. The smallest absolute Gasteiger partial charge is 0.0352 e. The molecule has 1 aromatic rings. The van der Waals surface area contributed by atoms with E-state index in [-0.39, 0.29) is 0 Å². The summed E-state index contributed by atoms with van der Waals surface area (Å²) in [6.45, 7) is 8.60. The van der Waals surface area contributed by atoms with Gasteiger partial charge in [0.1, 0.15) is 0 Å². The maximum Gasteiger partial charge on any atom is 0.0352 e. The highest BCUT2D eigenvalue weighted by Crippen LogP contribution is 2.45. The summed E-state index contributed by atoms with van der Waals surface area (Å²) in [6.07, 6.45) is 5.43. The van der Waals surface area contributed by atoms with Crippen LogP contribution in [0.15, 0.2) is 24.3 Å². The molecule has 2 saturated heterocycles. The molecule has 0 spiro atoms. The molecule has 0 radical (unpaired) electrons. The van der Waals surface area contributed by atoms with Gasteiger partial charge in [-0.2, -0.15) is 0 Å². The van der Waals surface area contributed by atoms with Gasteiger partial charge in [-0.1, -0.05) is 38.1 Å². The van der Waals surface area contributed by atoms with Gasteiger partial charge in [0.05, 0.1) is 0 Å². The molecule has 2 heterocycles. The zero-order valence-corrected chi connectivity index (χ0v) is 13.4. The van der Waals surface area contributed by atoms with Crippen LogP contribution < -0.4 is 5.32 Å². The molecular formula is C19H28N2. The summed E-state index contributed by atoms with van der Waals surface area (Å²) in [5, 5.41) is 3.75. The highest BCUT2D eigenvalue weighted by Gasteiger charge is 2.41. The van der Waals surface area contributed by atoms with Crippen LogP contribution in [0.1, 0.15) is 56.7 Å². The zero-order chi connectivity index (χ0) is 14.4. The fourth-order valence-electron chi connectivity index (χ4n) is 4.91. The fraction of sp³-hybridized carbons (Fsp3) is 0.684. The van der Waals surface area contributed by atoms with Gasteiger partial charge in [-0.05, 0) is 54.7 Å². The van der Waals surface area contributed by atoms with Crippen LogP contribution in [0.2, 0.25) is 0 Å². The van der Waals surface area contributed by atoms with Crippen LogP contribution in [0.3, 0.4) is 0 Å². The van der Waals surface area contributed by atoms with Crippen LogP contribution in [-0.2, 0) is 5.41 Å². The second kappa shape index (κ2) is 5.10. The Morgan fingerprint density at radius 2 is 2.00 bits per heavy atom. The molecule has 1 N–H and O–H groups in total. The number of piperidine rings is 1. The molecule has 0 amide bonds. The molecule has 1 aliphatic carbocycles. The first-order valence-electron chi connectivity index (χ1n) is 8.72. The summed E-state index contributed by atoms with van der Waals surface area (Å²) >= 11 is 0. The second-order valence-corrected chi connectivity index (χ2v) is 7.94. The zero-order valence-electron chi connectivity index (χ0n) is 13.4. The number of hydrogen-bond acceptors (Lipinski definition) is 2. The minimum Gasteiger partial charge on any atom is -0.312 e. The van der Waals surface area contributed by atoms with Gasteiger partial charge < -0.3 is 5.32 Å². The Kier molecular flexibility index (Phi) is 3.35. The van der Waals surface area contributed by atoms with Crippen LogP contribution in [-0.4, -0.2) is 30.6 Å². The first-order valence-corrected chi connectivity index (χ1v) is 8.72. The predicted molar refractivity (Wildman–Crippen MR) is 87.5 cm³/mol. The molecule has 0 bridgehead atoms. The molecule has 21 heavy (non-hydrogen) atoms. The van der Waals surface area contributed by atoms with E-state index in [0.717, 1.165) is 12.0 Å². The minimum atomic E-state index is 0.345. The van der Waals surface area contributed by atoms with E-state index >= 15 is 0 Å². The Balaban J connectivity index is 1.62. The molecule has 3 atom stereocenters. The van der Waals surface area contributed by atoms with Gasteiger partial charge in [-0.3, -0.25) is 4.90 Å². The van der Waals surface area contributed by atoms with Crippen molar-refractivity contribution in [3.63, 3.8) is 0 Å². The third-order valence-electron chi connectivity index (χ3n) is 6.16. The van der Waals surface area contributed by atoms with Crippen molar-refractivity contribution >= 4 is 0 Å². The van der Waals surface area contributed by atoms with Crippen molar-refractivity contribution in [2.24, 2.45) is 5.92 Å². The van der Waals surface area contributed by atoms with Gasteiger partial charge in [0.25, 0.3) is 0 Å². The second-order valence-electron chi connectivity index (χ2n) is 7.94. The van der Waals surface area contributed by atoms with E-state index in [0.29, 0.717) is 11.5 Å². The van der Waals surface area contributed by atoms with E-state index in [1.807, 2.05) is 0 Å². The number of rotatable bonds is 1. The molecule has 1 aromatic carbocycles. The van der Waals surface area contributed by atoms with Crippen LogP contribution in [0.4, 0.5) is 0 Å². The molecule has 0 saturated carbocycles. The minimum absolute atomic E-state index is 0.345. The molecule has 114 valence electrons. The van der Waals surface area contributed by atoms with Crippen molar-refractivity contribution in [2.75, 3.05) is 19.6 Å². The SMILES string of the molecule is CC1(C)CCC(N2C[C@@H]3CCCN[C@@H]3C2)c2ccccc21. The average molecular weight is 284 g/mol. The summed E-state index contributed by atoms with van der Waals surface area (Å²) < 4.78 is 0. The summed E-state index contributed by atoms with van der Waals surface area (Å²) in [5.41, 5.74) is 3.54.